The fourth-order valence-corrected chi connectivity index (χ4v) is 3.83. The first-order chi connectivity index (χ1) is 13.0. The molecule has 2 nitrogen and oxygen atoms in total. The van der Waals surface area contributed by atoms with Crippen molar-refractivity contribution >= 4 is 0 Å². The third-order valence-corrected chi connectivity index (χ3v) is 5.89. The molecule has 1 saturated carbocycles. The number of hydrogen-bond donors (Lipinski definition) is 0. The van der Waals surface area contributed by atoms with E-state index in [1.807, 2.05) is 18.2 Å². The van der Waals surface area contributed by atoms with Crippen molar-refractivity contribution < 1.29 is 8.78 Å². The SMILES string of the molecule is CC(CCC(C#N)(c1ccc(F)c(F)c1)C1CC1)N(C)Cc1ccccc1. The molecule has 0 bridgehead atoms. The van der Waals surface area contributed by atoms with Crippen molar-refractivity contribution in [3.63, 3.8) is 0 Å². The van der Waals surface area contributed by atoms with E-state index in [2.05, 4.69) is 37.1 Å². The summed E-state index contributed by atoms with van der Waals surface area (Å²) in [6, 6.07) is 17.0. The van der Waals surface area contributed by atoms with Crippen molar-refractivity contribution in [1.82, 2.24) is 4.90 Å². The molecule has 2 atom stereocenters. The van der Waals surface area contributed by atoms with E-state index in [1.165, 1.54) is 11.6 Å². The molecule has 0 saturated heterocycles. The molecule has 0 N–H and O–H groups in total. The second kappa shape index (κ2) is 8.19. The molecular formula is C23H26F2N2. The number of halogens is 2. The summed E-state index contributed by atoms with van der Waals surface area (Å²) < 4.78 is 27.2. The molecule has 2 aromatic carbocycles. The highest BCUT2D eigenvalue weighted by Gasteiger charge is 2.47. The molecule has 0 amide bonds. The van der Waals surface area contributed by atoms with E-state index >= 15 is 0 Å². The molecule has 0 aromatic heterocycles. The zero-order valence-electron chi connectivity index (χ0n) is 16.0. The molecule has 27 heavy (non-hydrogen) atoms. The minimum atomic E-state index is -0.873. The lowest BCUT2D eigenvalue weighted by Gasteiger charge is -2.31. The third kappa shape index (κ3) is 4.36. The molecule has 3 rings (SSSR count). The largest absolute Gasteiger partial charge is 0.299 e. The number of hydrogen-bond acceptors (Lipinski definition) is 2. The van der Waals surface area contributed by atoms with Crippen molar-refractivity contribution in [3.05, 3.63) is 71.3 Å². The Bertz CT molecular complexity index is 811. The molecule has 2 aromatic rings. The van der Waals surface area contributed by atoms with Crippen LogP contribution in [0.4, 0.5) is 8.78 Å². The van der Waals surface area contributed by atoms with Crippen LogP contribution in [0.5, 0.6) is 0 Å². The van der Waals surface area contributed by atoms with Gasteiger partial charge < -0.3 is 0 Å². The average molecular weight is 368 g/mol. The van der Waals surface area contributed by atoms with Crippen molar-refractivity contribution in [2.75, 3.05) is 7.05 Å². The van der Waals surface area contributed by atoms with Crippen molar-refractivity contribution in [2.24, 2.45) is 5.92 Å². The molecule has 1 aliphatic rings. The maximum absolute atomic E-state index is 13.8. The first kappa shape index (κ1) is 19.5. The normalized spacial score (nSPS) is 17.3. The van der Waals surface area contributed by atoms with E-state index < -0.39 is 17.0 Å². The van der Waals surface area contributed by atoms with Crippen LogP contribution in [-0.2, 0) is 12.0 Å². The Morgan fingerprint density at radius 3 is 2.44 bits per heavy atom. The van der Waals surface area contributed by atoms with E-state index in [4.69, 9.17) is 0 Å². The molecule has 0 aliphatic heterocycles. The van der Waals surface area contributed by atoms with Crippen LogP contribution in [0.15, 0.2) is 48.5 Å². The smallest absolute Gasteiger partial charge is 0.159 e. The Morgan fingerprint density at radius 1 is 1.15 bits per heavy atom. The summed E-state index contributed by atoms with van der Waals surface area (Å²) in [5.74, 6) is -1.50. The zero-order valence-corrected chi connectivity index (χ0v) is 16.0. The van der Waals surface area contributed by atoms with E-state index in [0.717, 1.165) is 31.9 Å². The van der Waals surface area contributed by atoms with Gasteiger partial charge in [-0.2, -0.15) is 5.26 Å². The summed E-state index contributed by atoms with van der Waals surface area (Å²) in [6.07, 6.45) is 3.42. The summed E-state index contributed by atoms with van der Waals surface area (Å²) in [4.78, 5) is 2.27. The van der Waals surface area contributed by atoms with E-state index in [0.29, 0.717) is 12.0 Å². The van der Waals surface area contributed by atoms with Crippen LogP contribution in [0.1, 0.15) is 43.7 Å². The Hall–Kier alpha value is -2.25. The predicted octanol–water partition coefficient (Wildman–Crippen LogP) is 5.44. The van der Waals surface area contributed by atoms with Gasteiger partial charge in [-0.15, -0.1) is 0 Å². The molecule has 142 valence electrons. The van der Waals surface area contributed by atoms with Crippen molar-refractivity contribution in [3.8, 4) is 6.07 Å². The Labute approximate surface area is 160 Å². The maximum Gasteiger partial charge on any atom is 0.159 e. The minimum absolute atomic E-state index is 0.235. The predicted molar refractivity (Wildman–Crippen MR) is 103 cm³/mol. The summed E-state index contributed by atoms with van der Waals surface area (Å²) >= 11 is 0. The topological polar surface area (TPSA) is 27.0 Å². The molecule has 0 radical (unpaired) electrons. The fraction of sp³-hybridized carbons (Fsp3) is 0.435. The van der Waals surface area contributed by atoms with Gasteiger partial charge >= 0.3 is 0 Å². The second-order valence-corrected chi connectivity index (χ2v) is 7.77. The quantitative estimate of drug-likeness (QED) is 0.621. The van der Waals surface area contributed by atoms with Gasteiger partial charge in [0.05, 0.1) is 11.5 Å². The fourth-order valence-electron chi connectivity index (χ4n) is 3.83. The van der Waals surface area contributed by atoms with Gasteiger partial charge in [0.15, 0.2) is 11.6 Å². The highest BCUT2D eigenvalue weighted by atomic mass is 19.2. The summed E-state index contributed by atoms with van der Waals surface area (Å²) in [7, 11) is 2.08. The van der Waals surface area contributed by atoms with Crippen LogP contribution < -0.4 is 0 Å². The lowest BCUT2D eigenvalue weighted by Crippen LogP contribution is -2.33. The number of nitrogens with zero attached hydrogens (tertiary/aromatic N) is 2. The molecule has 1 aliphatic carbocycles. The standard InChI is InChI=1S/C23H26F2N2/c1-17(27(2)15-18-6-4-3-5-7-18)12-13-23(16-26,19-8-9-19)20-10-11-21(24)22(25)14-20/h3-7,10-11,14,17,19H,8-9,12-13,15H2,1-2H3. The van der Waals surface area contributed by atoms with E-state index in [1.54, 1.807) is 6.07 Å². The average Bonchev–Trinajstić information content (AvgIpc) is 3.51. The number of benzene rings is 2. The Balaban J connectivity index is 1.72. The Kier molecular flexibility index (Phi) is 5.92. The molecule has 2 unspecified atom stereocenters. The van der Waals surface area contributed by atoms with Crippen LogP contribution in [0.3, 0.4) is 0 Å². The van der Waals surface area contributed by atoms with Crippen LogP contribution in [0.2, 0.25) is 0 Å². The highest BCUT2D eigenvalue weighted by Crippen LogP contribution is 2.50. The van der Waals surface area contributed by atoms with E-state index in [-0.39, 0.29) is 12.0 Å². The third-order valence-electron chi connectivity index (χ3n) is 5.89. The van der Waals surface area contributed by atoms with Gasteiger partial charge in [-0.3, -0.25) is 4.90 Å². The van der Waals surface area contributed by atoms with Gasteiger partial charge in [-0.1, -0.05) is 36.4 Å². The van der Waals surface area contributed by atoms with Gasteiger partial charge in [0.25, 0.3) is 0 Å². The lowest BCUT2D eigenvalue weighted by atomic mass is 9.73. The highest BCUT2D eigenvalue weighted by molar-refractivity contribution is 5.36. The van der Waals surface area contributed by atoms with Crippen molar-refractivity contribution in [2.45, 2.75) is 50.6 Å². The van der Waals surface area contributed by atoms with Gasteiger partial charge in [-0.25, -0.2) is 8.78 Å². The molecule has 1 fully saturated rings. The molecule has 4 heteroatoms. The molecule has 0 heterocycles. The van der Waals surface area contributed by atoms with Gasteiger partial charge in [0.1, 0.15) is 0 Å². The van der Waals surface area contributed by atoms with Gasteiger partial charge in [0, 0.05) is 12.6 Å². The summed E-state index contributed by atoms with van der Waals surface area (Å²) in [5, 5.41) is 10.0. The zero-order chi connectivity index (χ0) is 19.4. The van der Waals surface area contributed by atoms with Gasteiger partial charge in [-0.05, 0) is 68.8 Å². The first-order valence-electron chi connectivity index (χ1n) is 9.57. The monoisotopic (exact) mass is 368 g/mol. The second-order valence-electron chi connectivity index (χ2n) is 7.77. The maximum atomic E-state index is 13.8. The number of rotatable bonds is 8. The Morgan fingerprint density at radius 2 is 1.85 bits per heavy atom. The van der Waals surface area contributed by atoms with Crippen LogP contribution >= 0.6 is 0 Å². The number of nitriles is 1. The summed E-state index contributed by atoms with van der Waals surface area (Å²) in [6.45, 7) is 3.00. The first-order valence-corrected chi connectivity index (χ1v) is 9.57. The van der Waals surface area contributed by atoms with Crippen molar-refractivity contribution in [1.29, 1.82) is 5.26 Å². The molecule has 0 spiro atoms. The summed E-state index contributed by atoms with van der Waals surface area (Å²) in [5.41, 5.74) is 1.14. The van der Waals surface area contributed by atoms with Gasteiger partial charge in [0.2, 0.25) is 0 Å². The minimum Gasteiger partial charge on any atom is -0.299 e. The van der Waals surface area contributed by atoms with E-state index in [9.17, 15) is 14.0 Å². The van der Waals surface area contributed by atoms with Crippen LogP contribution in [-0.4, -0.2) is 18.0 Å². The molecular weight excluding hydrogens is 342 g/mol. The van der Waals surface area contributed by atoms with Crippen LogP contribution in [0, 0.1) is 28.9 Å². The lowest BCUT2D eigenvalue weighted by molar-refractivity contribution is 0.222. The van der Waals surface area contributed by atoms with Crippen LogP contribution in [0.25, 0.3) is 0 Å².